The summed E-state index contributed by atoms with van der Waals surface area (Å²) in [6, 6.07) is 0. The molecule has 0 aliphatic heterocycles. The van der Waals surface area contributed by atoms with Crippen LogP contribution in [0.3, 0.4) is 0 Å². The molecule has 0 rings (SSSR count). The van der Waals surface area contributed by atoms with Crippen LogP contribution < -0.4 is 0 Å². The van der Waals surface area contributed by atoms with E-state index in [9.17, 15) is 28.9 Å². The van der Waals surface area contributed by atoms with Crippen molar-refractivity contribution < 1.29 is 52.2 Å². The molecule has 0 aromatic rings. The van der Waals surface area contributed by atoms with Crippen LogP contribution in [-0.2, 0) is 42.2 Å². The molecule has 0 aromatic carbocycles. The fraction of sp³-hybridized carbons (Fsp3) is 0.530. The lowest BCUT2D eigenvalue weighted by molar-refractivity contribution is -0.161. The average Bonchev–Trinajstić information content (AvgIpc) is 3.43. The topological polar surface area (TPSA) is 155 Å². The summed E-state index contributed by atoms with van der Waals surface area (Å²) in [6.07, 6.45) is 77.6. The second-order valence-electron chi connectivity index (χ2n) is 18.3. The van der Waals surface area contributed by atoms with Crippen molar-refractivity contribution in [2.75, 3.05) is 26.4 Å². The molecule has 3 unspecified atom stereocenters. The van der Waals surface area contributed by atoms with Crippen molar-refractivity contribution in [1.82, 2.24) is 0 Å². The predicted octanol–water partition coefficient (Wildman–Crippen LogP) is 17.5. The summed E-state index contributed by atoms with van der Waals surface area (Å²) in [7, 11) is -4.80. The number of carbonyl (C=O) groups is 3. The minimum Gasteiger partial charge on any atom is -0.462 e. The molecule has 78 heavy (non-hydrogen) atoms. The number of ether oxygens (including phenoxy) is 3. The van der Waals surface area contributed by atoms with E-state index in [1.807, 2.05) is 24.3 Å². The maximum atomic E-state index is 12.9. The lowest BCUT2D eigenvalue weighted by Crippen LogP contribution is -2.30. The van der Waals surface area contributed by atoms with Gasteiger partial charge in [-0.2, -0.15) is 0 Å². The number of aliphatic hydroxyl groups is 1. The van der Waals surface area contributed by atoms with Gasteiger partial charge in [0.2, 0.25) is 0 Å². The Hall–Kier alpha value is -5.16. The van der Waals surface area contributed by atoms with Gasteiger partial charge in [0.1, 0.15) is 12.7 Å². The summed E-state index contributed by atoms with van der Waals surface area (Å²) in [6.45, 7) is 4.10. The Kier molecular flexibility index (Phi) is 54.2. The molecule has 0 aliphatic carbocycles. The molecule has 0 saturated heterocycles. The van der Waals surface area contributed by atoms with Crippen molar-refractivity contribution in [2.24, 2.45) is 0 Å². The monoisotopic (exact) mass is 1100 g/mol. The van der Waals surface area contributed by atoms with E-state index in [0.717, 1.165) is 116 Å². The summed E-state index contributed by atoms with van der Waals surface area (Å²) in [4.78, 5) is 48.5. The number of carbonyl (C=O) groups excluding carboxylic acids is 3. The second kappa shape index (κ2) is 58.0. The van der Waals surface area contributed by atoms with E-state index in [1.165, 1.54) is 0 Å². The van der Waals surface area contributed by atoms with Gasteiger partial charge >= 0.3 is 25.7 Å². The maximum absolute atomic E-state index is 12.9. The Morgan fingerprint density at radius 3 is 1.08 bits per heavy atom. The Labute approximate surface area is 472 Å². The lowest BCUT2D eigenvalue weighted by Gasteiger charge is -2.21. The number of unbranched alkanes of at least 4 members (excludes halogenated alkanes) is 6. The van der Waals surface area contributed by atoms with Crippen LogP contribution in [0.5, 0.6) is 0 Å². The number of esters is 3. The molecule has 0 saturated carbocycles. The first kappa shape index (κ1) is 72.8. The van der Waals surface area contributed by atoms with Gasteiger partial charge in [-0.3, -0.25) is 23.4 Å². The maximum Gasteiger partial charge on any atom is 0.472 e. The van der Waals surface area contributed by atoms with Gasteiger partial charge in [-0.1, -0.05) is 210 Å². The molecule has 0 amide bonds. The van der Waals surface area contributed by atoms with Crippen LogP contribution in [0.1, 0.15) is 188 Å². The molecular weight excluding hydrogens is 1000 g/mol. The summed E-state index contributed by atoms with van der Waals surface area (Å²) in [5, 5.41) is 9.82. The minimum absolute atomic E-state index is 0.0234. The zero-order valence-electron chi connectivity index (χ0n) is 48.0. The molecule has 11 nitrogen and oxygen atoms in total. The van der Waals surface area contributed by atoms with E-state index in [1.54, 1.807) is 0 Å². The van der Waals surface area contributed by atoms with Crippen molar-refractivity contribution in [3.05, 3.63) is 170 Å². The quantitative estimate of drug-likeness (QED) is 0.0197. The molecule has 0 heterocycles. The third-order valence-electron chi connectivity index (χ3n) is 11.1. The first-order chi connectivity index (χ1) is 38.2. The number of allylic oxidation sites excluding steroid dienone is 28. The average molecular weight is 1100 g/mol. The Morgan fingerprint density at radius 1 is 0.359 bits per heavy atom. The van der Waals surface area contributed by atoms with Gasteiger partial charge in [-0.25, -0.2) is 4.57 Å². The highest BCUT2D eigenvalue weighted by Crippen LogP contribution is 2.43. The fourth-order valence-corrected chi connectivity index (χ4v) is 7.63. The van der Waals surface area contributed by atoms with Crippen LogP contribution in [0.2, 0.25) is 0 Å². The summed E-state index contributed by atoms with van der Waals surface area (Å²) >= 11 is 0. The first-order valence-electron chi connectivity index (χ1n) is 29.0. The molecule has 0 radical (unpaired) electrons. The van der Waals surface area contributed by atoms with E-state index in [0.29, 0.717) is 32.1 Å². The summed E-state index contributed by atoms with van der Waals surface area (Å²) in [5.41, 5.74) is 0. The Balaban J connectivity index is 4.94. The van der Waals surface area contributed by atoms with Crippen LogP contribution in [0, 0.1) is 0 Å². The highest BCUT2D eigenvalue weighted by Gasteiger charge is 2.28. The molecule has 0 aliphatic rings. The number of hydrogen-bond donors (Lipinski definition) is 2. The first-order valence-corrected chi connectivity index (χ1v) is 30.5. The number of hydrogen-bond acceptors (Lipinski definition) is 10. The number of aliphatic hydroxyl groups excluding tert-OH is 1. The molecule has 436 valence electrons. The van der Waals surface area contributed by atoms with Gasteiger partial charge in [0.25, 0.3) is 0 Å². The standard InChI is InChI=1S/C66H101O11P/c1-4-7-10-13-16-19-22-25-28-30-31-33-36-39-42-45-48-51-54-57-66(70)77-63(59-73-64(68)55-52-49-46-43-40-37-34-27-24-21-18-15-12-9-6-3)61-75-78(71,72)74-60-62(58-67)76-65(69)56-53-50-47-44-41-38-35-32-29-26-23-20-17-14-11-8-5-2/h7-12,16-21,25-29,31,33-35,38-39,42,44,47-48,51,62-63,67H,4-6,13-15,22-24,30,32,36-37,40-41,43,45-46,49-50,52-61H2,1-3H3,(H,71,72)/b10-7-,11-8-,12-9-,19-16-,20-17-,21-18-,28-25-,29-26-,33-31-,34-27-,38-35-,42-39-,47-44-,51-48-. The normalized spacial score (nSPS) is 14.6. The van der Waals surface area contributed by atoms with Gasteiger partial charge in [0.05, 0.1) is 19.8 Å². The van der Waals surface area contributed by atoms with Gasteiger partial charge in [-0.15, -0.1) is 0 Å². The number of phosphoric acid groups is 1. The second-order valence-corrected chi connectivity index (χ2v) is 19.8. The molecule has 0 aromatic heterocycles. The highest BCUT2D eigenvalue weighted by molar-refractivity contribution is 7.47. The van der Waals surface area contributed by atoms with Gasteiger partial charge in [0, 0.05) is 19.3 Å². The SMILES string of the molecule is CC/C=C\C/C=C\C/C=C\C/C=C\C/C=C\C/C=C\CCC(=O)OC(COC(=O)CCCCCCC/C=C\C/C=C\C/C=C\CC)COP(=O)(O)OCC(CO)OC(=O)CCC/C=C\C/C=C\C/C=C\C/C=C\C/C=C\CC. The molecule has 12 heteroatoms. The van der Waals surface area contributed by atoms with Gasteiger partial charge in [0.15, 0.2) is 6.10 Å². The Morgan fingerprint density at radius 2 is 0.667 bits per heavy atom. The number of rotatable bonds is 51. The predicted molar refractivity (Wildman–Crippen MR) is 325 cm³/mol. The molecule has 3 atom stereocenters. The molecule has 0 fully saturated rings. The third kappa shape index (κ3) is 55.6. The van der Waals surface area contributed by atoms with Crippen LogP contribution >= 0.6 is 7.82 Å². The zero-order chi connectivity index (χ0) is 56.9. The van der Waals surface area contributed by atoms with Crippen molar-refractivity contribution >= 4 is 25.7 Å². The number of phosphoric ester groups is 1. The van der Waals surface area contributed by atoms with E-state index < -0.39 is 64.4 Å². The zero-order valence-corrected chi connectivity index (χ0v) is 48.9. The van der Waals surface area contributed by atoms with Gasteiger partial charge < -0.3 is 24.2 Å². The van der Waals surface area contributed by atoms with E-state index in [4.69, 9.17) is 23.3 Å². The van der Waals surface area contributed by atoms with Crippen LogP contribution in [0.25, 0.3) is 0 Å². The van der Waals surface area contributed by atoms with Gasteiger partial charge in [-0.05, 0) is 128 Å². The Bertz CT molecular complexity index is 1960. The largest absolute Gasteiger partial charge is 0.472 e. The van der Waals surface area contributed by atoms with Crippen molar-refractivity contribution in [3.8, 4) is 0 Å². The van der Waals surface area contributed by atoms with E-state index in [-0.39, 0.29) is 19.3 Å². The summed E-state index contributed by atoms with van der Waals surface area (Å²) < 4.78 is 39.4. The summed E-state index contributed by atoms with van der Waals surface area (Å²) in [5.74, 6) is -1.67. The van der Waals surface area contributed by atoms with Crippen molar-refractivity contribution in [2.45, 2.75) is 200 Å². The molecule has 0 bridgehead atoms. The fourth-order valence-electron chi connectivity index (χ4n) is 6.84. The van der Waals surface area contributed by atoms with Crippen LogP contribution in [0.15, 0.2) is 170 Å². The minimum atomic E-state index is -4.80. The molecule has 2 N–H and O–H groups in total. The van der Waals surface area contributed by atoms with Crippen molar-refractivity contribution in [3.63, 3.8) is 0 Å². The smallest absolute Gasteiger partial charge is 0.462 e. The highest BCUT2D eigenvalue weighted by atomic mass is 31.2. The molecule has 0 spiro atoms. The third-order valence-corrected chi connectivity index (χ3v) is 12.1. The van der Waals surface area contributed by atoms with Crippen LogP contribution in [-0.4, -0.2) is 66.5 Å². The van der Waals surface area contributed by atoms with Crippen LogP contribution in [0.4, 0.5) is 0 Å². The van der Waals surface area contributed by atoms with E-state index in [2.05, 4.69) is 167 Å². The van der Waals surface area contributed by atoms with Crippen molar-refractivity contribution in [1.29, 1.82) is 0 Å². The molecular formula is C66H101O11P. The van der Waals surface area contributed by atoms with E-state index >= 15 is 0 Å². The lowest BCUT2D eigenvalue weighted by atomic mass is 10.1.